The van der Waals surface area contributed by atoms with Crippen molar-refractivity contribution in [1.29, 1.82) is 0 Å². The van der Waals surface area contributed by atoms with Gasteiger partial charge in [-0.05, 0) is 19.4 Å². The first-order valence-corrected chi connectivity index (χ1v) is 5.23. The van der Waals surface area contributed by atoms with Gasteiger partial charge < -0.3 is 15.3 Å². The second-order valence-electron chi connectivity index (χ2n) is 4.01. The largest absolute Gasteiger partial charge is 0.395 e. The number of amides is 1. The molecule has 1 fully saturated rings. The van der Waals surface area contributed by atoms with Gasteiger partial charge in [-0.2, -0.15) is 0 Å². The van der Waals surface area contributed by atoms with Gasteiger partial charge in [-0.1, -0.05) is 6.92 Å². The molecule has 0 bridgehead atoms. The molecule has 1 rings (SSSR count). The van der Waals surface area contributed by atoms with E-state index in [4.69, 9.17) is 5.11 Å². The molecular formula is C10H20N2O2. The summed E-state index contributed by atoms with van der Waals surface area (Å²) in [5.41, 5.74) is -0.218. The van der Waals surface area contributed by atoms with Gasteiger partial charge in [-0.3, -0.25) is 4.79 Å². The summed E-state index contributed by atoms with van der Waals surface area (Å²) in [6.07, 6.45) is 1.78. The lowest BCUT2D eigenvalue weighted by molar-refractivity contribution is -0.140. The first kappa shape index (κ1) is 11.5. The molecule has 1 heterocycles. The summed E-state index contributed by atoms with van der Waals surface area (Å²) in [5.74, 6) is 0.166. The smallest absolute Gasteiger partial charge is 0.229 e. The van der Waals surface area contributed by atoms with Crippen molar-refractivity contribution in [3.63, 3.8) is 0 Å². The molecule has 0 saturated carbocycles. The van der Waals surface area contributed by atoms with Crippen LogP contribution in [-0.2, 0) is 4.79 Å². The minimum Gasteiger partial charge on any atom is -0.395 e. The number of carbonyl (C=O) groups is 1. The van der Waals surface area contributed by atoms with E-state index in [1.807, 2.05) is 0 Å². The molecule has 14 heavy (non-hydrogen) atoms. The van der Waals surface area contributed by atoms with Crippen LogP contribution in [0.3, 0.4) is 0 Å². The van der Waals surface area contributed by atoms with Gasteiger partial charge in [0.15, 0.2) is 0 Å². The van der Waals surface area contributed by atoms with Gasteiger partial charge in [0.25, 0.3) is 0 Å². The Balaban J connectivity index is 2.64. The maximum atomic E-state index is 12.1. The maximum absolute atomic E-state index is 12.1. The molecule has 0 aromatic heterocycles. The number of aliphatic hydroxyl groups excluding tert-OH is 1. The molecule has 1 aliphatic rings. The number of nitrogens with zero attached hydrogens (tertiary/aromatic N) is 1. The topological polar surface area (TPSA) is 52.6 Å². The number of likely N-dealkylation sites (N-methyl/N-ethyl adjacent to an activating group) is 1. The van der Waals surface area contributed by atoms with E-state index >= 15 is 0 Å². The van der Waals surface area contributed by atoms with E-state index < -0.39 is 0 Å². The molecule has 2 N–H and O–H groups in total. The molecule has 0 aromatic carbocycles. The van der Waals surface area contributed by atoms with Crippen molar-refractivity contribution >= 4 is 5.91 Å². The average Bonchev–Trinajstić information content (AvgIpc) is 2.66. The van der Waals surface area contributed by atoms with Gasteiger partial charge in [0.1, 0.15) is 0 Å². The standard InChI is InChI=1S/C10H20N2O2/c1-3-10(4-5-11-8-10)9(14)12(2)6-7-13/h11,13H,3-8H2,1-2H3. The molecule has 1 amide bonds. The lowest BCUT2D eigenvalue weighted by Crippen LogP contribution is -2.44. The number of aliphatic hydroxyl groups is 1. The fraction of sp³-hybridized carbons (Fsp3) is 0.900. The number of nitrogens with one attached hydrogen (secondary N) is 1. The predicted octanol–water partition coefficient (Wildman–Crippen LogP) is -0.173. The summed E-state index contributed by atoms with van der Waals surface area (Å²) in [7, 11) is 1.76. The Labute approximate surface area is 85.3 Å². The minimum absolute atomic E-state index is 0.0372. The number of carbonyl (C=O) groups excluding carboxylic acids is 1. The zero-order valence-corrected chi connectivity index (χ0v) is 9.05. The van der Waals surface area contributed by atoms with Crippen molar-refractivity contribution in [1.82, 2.24) is 10.2 Å². The molecule has 1 atom stereocenters. The van der Waals surface area contributed by atoms with Crippen LogP contribution in [0.5, 0.6) is 0 Å². The van der Waals surface area contributed by atoms with Crippen molar-refractivity contribution in [2.24, 2.45) is 5.41 Å². The van der Waals surface area contributed by atoms with Crippen molar-refractivity contribution in [2.75, 3.05) is 33.3 Å². The van der Waals surface area contributed by atoms with E-state index in [0.717, 1.165) is 25.9 Å². The normalized spacial score (nSPS) is 26.5. The maximum Gasteiger partial charge on any atom is 0.229 e. The zero-order chi connectivity index (χ0) is 10.6. The van der Waals surface area contributed by atoms with Gasteiger partial charge in [0, 0.05) is 20.1 Å². The monoisotopic (exact) mass is 200 g/mol. The molecule has 0 radical (unpaired) electrons. The van der Waals surface area contributed by atoms with Crippen LogP contribution in [-0.4, -0.2) is 49.2 Å². The number of hydrogen-bond acceptors (Lipinski definition) is 3. The number of hydrogen-bond donors (Lipinski definition) is 2. The predicted molar refractivity (Wildman–Crippen MR) is 54.9 cm³/mol. The fourth-order valence-corrected chi connectivity index (χ4v) is 2.04. The first-order chi connectivity index (χ1) is 6.66. The zero-order valence-electron chi connectivity index (χ0n) is 9.05. The third kappa shape index (κ3) is 2.07. The molecule has 4 nitrogen and oxygen atoms in total. The summed E-state index contributed by atoms with van der Waals surface area (Å²) in [5, 5.41) is 12.0. The van der Waals surface area contributed by atoms with E-state index in [2.05, 4.69) is 12.2 Å². The lowest BCUT2D eigenvalue weighted by Gasteiger charge is -2.30. The molecular weight excluding hydrogens is 180 g/mol. The van der Waals surface area contributed by atoms with Crippen LogP contribution in [0.25, 0.3) is 0 Å². The minimum atomic E-state index is -0.218. The van der Waals surface area contributed by atoms with E-state index in [9.17, 15) is 4.79 Å². The summed E-state index contributed by atoms with van der Waals surface area (Å²) >= 11 is 0. The Bertz CT molecular complexity index is 200. The van der Waals surface area contributed by atoms with Crippen LogP contribution < -0.4 is 5.32 Å². The quantitative estimate of drug-likeness (QED) is 0.662. The summed E-state index contributed by atoms with van der Waals surface area (Å²) in [6.45, 7) is 4.22. The molecule has 1 unspecified atom stereocenters. The van der Waals surface area contributed by atoms with Gasteiger partial charge >= 0.3 is 0 Å². The first-order valence-electron chi connectivity index (χ1n) is 5.23. The fourth-order valence-electron chi connectivity index (χ4n) is 2.04. The van der Waals surface area contributed by atoms with Crippen LogP contribution in [0.2, 0.25) is 0 Å². The van der Waals surface area contributed by atoms with Crippen molar-refractivity contribution < 1.29 is 9.90 Å². The highest BCUT2D eigenvalue weighted by Crippen LogP contribution is 2.31. The van der Waals surface area contributed by atoms with Crippen LogP contribution in [0.1, 0.15) is 19.8 Å². The Morgan fingerprint density at radius 2 is 2.36 bits per heavy atom. The van der Waals surface area contributed by atoms with Crippen LogP contribution in [0, 0.1) is 5.41 Å². The number of rotatable bonds is 4. The van der Waals surface area contributed by atoms with Crippen molar-refractivity contribution in [2.45, 2.75) is 19.8 Å². The lowest BCUT2D eigenvalue weighted by atomic mass is 9.83. The molecule has 4 heteroatoms. The summed E-state index contributed by atoms with van der Waals surface area (Å²) < 4.78 is 0. The van der Waals surface area contributed by atoms with Gasteiger partial charge in [-0.15, -0.1) is 0 Å². The Kier molecular flexibility index (Phi) is 3.89. The van der Waals surface area contributed by atoms with E-state index in [0.29, 0.717) is 6.54 Å². The third-order valence-electron chi connectivity index (χ3n) is 3.16. The Hall–Kier alpha value is -0.610. The SMILES string of the molecule is CCC1(C(=O)N(C)CCO)CCNC1. The molecule has 0 spiro atoms. The highest BCUT2D eigenvalue weighted by atomic mass is 16.3. The van der Waals surface area contributed by atoms with Crippen LogP contribution in [0.4, 0.5) is 0 Å². The van der Waals surface area contributed by atoms with Crippen molar-refractivity contribution in [3.8, 4) is 0 Å². The highest BCUT2D eigenvalue weighted by Gasteiger charge is 2.40. The summed E-state index contributed by atoms with van der Waals surface area (Å²) in [6, 6.07) is 0. The van der Waals surface area contributed by atoms with Crippen LogP contribution >= 0.6 is 0 Å². The second kappa shape index (κ2) is 4.75. The van der Waals surface area contributed by atoms with E-state index in [1.54, 1.807) is 11.9 Å². The Morgan fingerprint density at radius 3 is 2.79 bits per heavy atom. The van der Waals surface area contributed by atoms with Gasteiger partial charge in [0.05, 0.1) is 12.0 Å². The van der Waals surface area contributed by atoms with E-state index in [-0.39, 0.29) is 17.9 Å². The average molecular weight is 200 g/mol. The van der Waals surface area contributed by atoms with Crippen molar-refractivity contribution in [3.05, 3.63) is 0 Å². The summed E-state index contributed by atoms with van der Waals surface area (Å²) in [4.78, 5) is 13.7. The molecule has 82 valence electrons. The Morgan fingerprint density at radius 1 is 1.64 bits per heavy atom. The van der Waals surface area contributed by atoms with Gasteiger partial charge in [0.2, 0.25) is 5.91 Å². The molecule has 0 aliphatic carbocycles. The molecule has 1 aliphatic heterocycles. The molecule has 1 saturated heterocycles. The third-order valence-corrected chi connectivity index (χ3v) is 3.16. The molecule has 0 aromatic rings. The van der Waals surface area contributed by atoms with E-state index in [1.165, 1.54) is 0 Å². The second-order valence-corrected chi connectivity index (χ2v) is 4.01. The van der Waals surface area contributed by atoms with Gasteiger partial charge in [-0.25, -0.2) is 0 Å². The highest BCUT2D eigenvalue weighted by molar-refractivity contribution is 5.83. The van der Waals surface area contributed by atoms with Crippen LogP contribution in [0.15, 0.2) is 0 Å².